The van der Waals surface area contributed by atoms with Crippen molar-refractivity contribution in [2.75, 3.05) is 13.1 Å². The van der Waals surface area contributed by atoms with Gasteiger partial charge in [-0.3, -0.25) is 15.8 Å². The molecule has 7 nitrogen and oxygen atoms in total. The molecule has 0 aliphatic heterocycles. The molecule has 0 atom stereocenters. The van der Waals surface area contributed by atoms with Crippen molar-refractivity contribution in [2.45, 2.75) is 13.8 Å². The lowest BCUT2D eigenvalue weighted by atomic mass is 10.0. The molecule has 4 N–H and O–H groups in total. The Morgan fingerprint density at radius 1 is 0.821 bits per heavy atom. The second-order valence-electron chi connectivity index (χ2n) is 5.44. The smallest absolute Gasteiger partial charge is 0.186 e. The van der Waals surface area contributed by atoms with Gasteiger partial charge in [-0.1, -0.05) is 36.4 Å². The number of aromatic nitrogens is 1. The van der Waals surface area contributed by atoms with Gasteiger partial charge in [0, 0.05) is 24.8 Å². The molecule has 0 aliphatic rings. The summed E-state index contributed by atoms with van der Waals surface area (Å²) in [6, 6.07) is 15.3. The Morgan fingerprint density at radius 2 is 1.39 bits per heavy atom. The van der Waals surface area contributed by atoms with E-state index < -0.39 is 0 Å². The van der Waals surface area contributed by atoms with Crippen LogP contribution in [0.4, 0.5) is 0 Å². The van der Waals surface area contributed by atoms with Crippen LogP contribution in [0.5, 0.6) is 0 Å². The minimum absolute atomic E-state index is 0.416. The number of hydrogen-bond donors (Lipinski definition) is 4. The van der Waals surface area contributed by atoms with E-state index in [-0.39, 0.29) is 0 Å². The van der Waals surface area contributed by atoms with E-state index >= 15 is 0 Å². The number of benzene rings is 1. The highest BCUT2D eigenvalue weighted by atomic mass is 32.1. The first-order valence-corrected chi connectivity index (χ1v) is 9.67. The Balaban J connectivity index is 2.48. The maximum atomic E-state index is 5.23. The normalized spacial score (nSPS) is 11.5. The van der Waals surface area contributed by atoms with E-state index in [9.17, 15) is 0 Å². The molecule has 0 spiro atoms. The highest BCUT2D eigenvalue weighted by Crippen LogP contribution is 2.08. The van der Waals surface area contributed by atoms with E-state index in [4.69, 9.17) is 24.4 Å². The van der Waals surface area contributed by atoms with Crippen molar-refractivity contribution in [2.24, 2.45) is 10.2 Å². The van der Waals surface area contributed by atoms with E-state index in [1.807, 2.05) is 62.4 Å². The zero-order valence-electron chi connectivity index (χ0n) is 15.8. The molecule has 1 aromatic heterocycles. The Labute approximate surface area is 175 Å². The van der Waals surface area contributed by atoms with E-state index in [2.05, 4.69) is 36.7 Å². The molecule has 28 heavy (non-hydrogen) atoms. The summed E-state index contributed by atoms with van der Waals surface area (Å²) in [6.07, 6.45) is 1.70. The first-order valence-electron chi connectivity index (χ1n) is 8.86. The van der Waals surface area contributed by atoms with Crippen molar-refractivity contribution in [1.82, 2.24) is 26.5 Å². The molecule has 0 saturated carbocycles. The molecule has 9 heteroatoms. The number of pyridine rings is 1. The SMILES string of the molecule is CCNC(=S)NN=C(C(=NNC(=S)NCC)c1ccccn1)c1ccccc1. The van der Waals surface area contributed by atoms with Crippen molar-refractivity contribution in [1.29, 1.82) is 0 Å². The van der Waals surface area contributed by atoms with Crippen molar-refractivity contribution in [3.05, 3.63) is 66.0 Å². The van der Waals surface area contributed by atoms with Gasteiger partial charge in [-0.2, -0.15) is 10.2 Å². The molecule has 0 aliphatic carbocycles. The van der Waals surface area contributed by atoms with Gasteiger partial charge in [0.2, 0.25) is 0 Å². The Morgan fingerprint density at radius 3 is 1.93 bits per heavy atom. The number of nitrogens with one attached hydrogen (secondary N) is 4. The van der Waals surface area contributed by atoms with E-state index in [1.54, 1.807) is 6.20 Å². The zero-order valence-corrected chi connectivity index (χ0v) is 17.4. The molecule has 0 radical (unpaired) electrons. The van der Waals surface area contributed by atoms with Gasteiger partial charge in [0.1, 0.15) is 11.4 Å². The van der Waals surface area contributed by atoms with Crippen LogP contribution < -0.4 is 21.5 Å². The lowest BCUT2D eigenvalue weighted by molar-refractivity contribution is 0.897. The number of nitrogens with zero attached hydrogens (tertiary/aromatic N) is 3. The average molecular weight is 414 g/mol. The van der Waals surface area contributed by atoms with Crippen LogP contribution >= 0.6 is 24.4 Å². The van der Waals surface area contributed by atoms with Crippen molar-refractivity contribution >= 4 is 46.1 Å². The maximum absolute atomic E-state index is 5.23. The largest absolute Gasteiger partial charge is 0.362 e. The monoisotopic (exact) mass is 413 g/mol. The van der Waals surface area contributed by atoms with E-state index in [1.165, 1.54) is 0 Å². The van der Waals surface area contributed by atoms with Crippen LogP contribution in [0.3, 0.4) is 0 Å². The predicted molar refractivity (Wildman–Crippen MR) is 123 cm³/mol. The Hall–Kier alpha value is -2.91. The van der Waals surface area contributed by atoms with E-state index in [0.29, 0.717) is 40.4 Å². The molecule has 1 aromatic carbocycles. The fourth-order valence-corrected chi connectivity index (χ4v) is 2.58. The predicted octanol–water partition coefficient (Wildman–Crippen LogP) is 2.16. The van der Waals surface area contributed by atoms with Gasteiger partial charge >= 0.3 is 0 Å². The van der Waals surface area contributed by atoms with Crippen LogP contribution in [0.25, 0.3) is 0 Å². The van der Waals surface area contributed by atoms with Crippen molar-refractivity contribution in [3.63, 3.8) is 0 Å². The molecule has 0 amide bonds. The molecule has 0 bridgehead atoms. The van der Waals surface area contributed by atoms with Crippen LogP contribution in [0.15, 0.2) is 64.9 Å². The van der Waals surface area contributed by atoms with Crippen molar-refractivity contribution < 1.29 is 0 Å². The molecule has 0 fully saturated rings. The molecule has 2 rings (SSSR count). The molecule has 146 valence electrons. The minimum atomic E-state index is 0.416. The van der Waals surface area contributed by atoms with Gasteiger partial charge in [-0.15, -0.1) is 0 Å². The second kappa shape index (κ2) is 11.7. The average Bonchev–Trinajstić information content (AvgIpc) is 2.72. The summed E-state index contributed by atoms with van der Waals surface area (Å²) in [4.78, 5) is 4.42. The number of thiocarbonyl (C=S) groups is 2. The quantitative estimate of drug-likeness (QED) is 0.314. The summed E-state index contributed by atoms with van der Waals surface area (Å²) in [7, 11) is 0. The fourth-order valence-electron chi connectivity index (χ4n) is 2.20. The molecule has 1 heterocycles. The Kier molecular flexibility index (Phi) is 8.96. The van der Waals surface area contributed by atoms with Crippen LogP contribution in [0.2, 0.25) is 0 Å². The van der Waals surface area contributed by atoms with Crippen LogP contribution in [-0.4, -0.2) is 39.7 Å². The third-order valence-electron chi connectivity index (χ3n) is 3.39. The third kappa shape index (κ3) is 6.67. The summed E-state index contributed by atoms with van der Waals surface area (Å²) in [5, 5.41) is 15.8. The van der Waals surface area contributed by atoms with Gasteiger partial charge in [0.15, 0.2) is 10.2 Å². The van der Waals surface area contributed by atoms with Gasteiger partial charge in [0.25, 0.3) is 0 Å². The second-order valence-corrected chi connectivity index (χ2v) is 6.26. The fraction of sp³-hybridized carbons (Fsp3) is 0.211. The van der Waals surface area contributed by atoms with Gasteiger partial charge in [-0.05, 0) is 50.4 Å². The lowest BCUT2D eigenvalue weighted by Crippen LogP contribution is -2.35. The van der Waals surface area contributed by atoms with Gasteiger partial charge < -0.3 is 10.6 Å². The molecule has 2 aromatic rings. The summed E-state index contributed by atoms with van der Waals surface area (Å²) in [5.74, 6) is 0. The summed E-state index contributed by atoms with van der Waals surface area (Å²) >= 11 is 10.5. The first kappa shape index (κ1) is 21.4. The summed E-state index contributed by atoms with van der Waals surface area (Å²) in [6.45, 7) is 5.31. The number of rotatable bonds is 7. The van der Waals surface area contributed by atoms with Crippen LogP contribution in [0.1, 0.15) is 25.1 Å². The standard InChI is InChI=1S/C19H23N7S2/c1-3-20-18(27)25-23-16(14-10-6-5-7-11-14)17(15-12-8-9-13-22-15)24-26-19(28)21-4-2/h5-13H,3-4H2,1-2H3,(H2,20,25,27)(H2,21,26,28). The van der Waals surface area contributed by atoms with Gasteiger partial charge in [0.05, 0.1) is 5.69 Å². The third-order valence-corrected chi connectivity index (χ3v) is 3.86. The first-order chi connectivity index (χ1) is 13.7. The summed E-state index contributed by atoms with van der Waals surface area (Å²) in [5.41, 5.74) is 8.33. The summed E-state index contributed by atoms with van der Waals surface area (Å²) < 4.78 is 0. The number of hydrazone groups is 2. The molecule has 0 unspecified atom stereocenters. The topological polar surface area (TPSA) is 85.7 Å². The van der Waals surface area contributed by atoms with Crippen LogP contribution in [-0.2, 0) is 0 Å². The Bertz CT molecular complexity index is 764. The highest BCUT2D eigenvalue weighted by Gasteiger charge is 2.16. The minimum Gasteiger partial charge on any atom is -0.362 e. The van der Waals surface area contributed by atoms with Crippen LogP contribution in [0, 0.1) is 0 Å². The molecular weight excluding hydrogens is 390 g/mol. The van der Waals surface area contributed by atoms with Gasteiger partial charge in [-0.25, -0.2) is 0 Å². The molecular formula is C19H23N7S2. The maximum Gasteiger partial charge on any atom is 0.186 e. The zero-order chi connectivity index (χ0) is 20.2. The highest BCUT2D eigenvalue weighted by molar-refractivity contribution is 7.80. The number of hydrogen-bond acceptors (Lipinski definition) is 5. The lowest BCUT2D eigenvalue weighted by Gasteiger charge is -2.13. The van der Waals surface area contributed by atoms with E-state index in [0.717, 1.165) is 5.56 Å². The van der Waals surface area contributed by atoms with Crippen molar-refractivity contribution in [3.8, 4) is 0 Å². The molecule has 0 saturated heterocycles.